The standard InChI is InChI=1S/C22H14Br2/c23-21-12-7-18(8-13-21)16-20(19-10-14-22(24)15-11-19)9-6-17-4-2-1-3-5-17/h1-5,7-8,10-16H/b20-16-. The molecule has 0 heterocycles. The molecule has 3 aromatic carbocycles. The predicted octanol–water partition coefficient (Wildman–Crippen LogP) is 6.80. The Labute approximate surface area is 159 Å². The van der Waals surface area contributed by atoms with E-state index < -0.39 is 0 Å². The summed E-state index contributed by atoms with van der Waals surface area (Å²) < 4.78 is 2.13. The molecule has 0 unspecified atom stereocenters. The molecule has 0 atom stereocenters. The Morgan fingerprint density at radius 3 is 1.92 bits per heavy atom. The van der Waals surface area contributed by atoms with Gasteiger partial charge in [-0.1, -0.05) is 86.2 Å². The lowest BCUT2D eigenvalue weighted by Gasteiger charge is -2.02. The van der Waals surface area contributed by atoms with Crippen LogP contribution in [0.25, 0.3) is 11.6 Å². The van der Waals surface area contributed by atoms with Gasteiger partial charge in [-0.05, 0) is 53.6 Å². The van der Waals surface area contributed by atoms with E-state index in [1.807, 2.05) is 54.6 Å². The van der Waals surface area contributed by atoms with Gasteiger partial charge in [-0.25, -0.2) is 0 Å². The van der Waals surface area contributed by atoms with Crippen LogP contribution in [0.1, 0.15) is 16.7 Å². The summed E-state index contributed by atoms with van der Waals surface area (Å²) in [6.45, 7) is 0. The van der Waals surface area contributed by atoms with Gasteiger partial charge in [-0.15, -0.1) is 0 Å². The molecule has 3 aromatic rings. The fraction of sp³-hybridized carbons (Fsp3) is 0. The highest BCUT2D eigenvalue weighted by atomic mass is 79.9. The fourth-order valence-electron chi connectivity index (χ4n) is 2.21. The van der Waals surface area contributed by atoms with E-state index in [1.165, 1.54) is 0 Å². The second-order valence-corrected chi connectivity index (χ2v) is 7.06. The first kappa shape index (κ1) is 16.8. The quantitative estimate of drug-likeness (QED) is 0.305. The predicted molar refractivity (Wildman–Crippen MR) is 109 cm³/mol. The molecule has 0 saturated heterocycles. The van der Waals surface area contributed by atoms with E-state index in [-0.39, 0.29) is 0 Å². The lowest BCUT2D eigenvalue weighted by Crippen LogP contribution is -1.83. The molecule has 0 aliphatic carbocycles. The van der Waals surface area contributed by atoms with Gasteiger partial charge in [0.05, 0.1) is 0 Å². The minimum Gasteiger partial charge on any atom is -0.0622 e. The molecule has 2 heteroatoms. The lowest BCUT2D eigenvalue weighted by atomic mass is 10.0. The number of hydrogen-bond acceptors (Lipinski definition) is 0. The summed E-state index contributed by atoms with van der Waals surface area (Å²) in [7, 11) is 0. The molecule has 0 aromatic heterocycles. The Balaban J connectivity index is 2.02. The molecule has 0 bridgehead atoms. The summed E-state index contributed by atoms with van der Waals surface area (Å²) >= 11 is 6.96. The van der Waals surface area contributed by atoms with Crippen molar-refractivity contribution < 1.29 is 0 Å². The Kier molecular flexibility index (Phi) is 5.69. The molecule has 0 radical (unpaired) electrons. The third-order valence-electron chi connectivity index (χ3n) is 3.45. The first-order chi connectivity index (χ1) is 11.7. The molecule has 0 saturated carbocycles. The molecule has 0 nitrogen and oxygen atoms in total. The molecule has 0 spiro atoms. The van der Waals surface area contributed by atoms with Crippen LogP contribution in [0.15, 0.2) is 87.8 Å². The Morgan fingerprint density at radius 2 is 1.29 bits per heavy atom. The Morgan fingerprint density at radius 1 is 0.708 bits per heavy atom. The third kappa shape index (κ3) is 4.71. The zero-order valence-electron chi connectivity index (χ0n) is 12.8. The molecule has 0 aliphatic rings. The van der Waals surface area contributed by atoms with E-state index in [4.69, 9.17) is 0 Å². The zero-order chi connectivity index (χ0) is 16.8. The normalized spacial score (nSPS) is 10.8. The second kappa shape index (κ2) is 8.15. The SMILES string of the molecule is Brc1ccc(/C=C(/C#Cc2ccccc2)c2ccc(Br)cc2)cc1. The van der Waals surface area contributed by atoms with E-state index in [0.717, 1.165) is 31.2 Å². The van der Waals surface area contributed by atoms with Crippen LogP contribution in [0, 0.1) is 11.8 Å². The minimum atomic E-state index is 0.994. The summed E-state index contributed by atoms with van der Waals surface area (Å²) in [5.74, 6) is 6.57. The van der Waals surface area contributed by atoms with E-state index >= 15 is 0 Å². The van der Waals surface area contributed by atoms with Crippen LogP contribution in [0.2, 0.25) is 0 Å². The minimum absolute atomic E-state index is 0.994. The van der Waals surface area contributed by atoms with Crippen LogP contribution in [-0.4, -0.2) is 0 Å². The number of allylic oxidation sites excluding steroid dienone is 1. The van der Waals surface area contributed by atoms with Crippen LogP contribution in [0.4, 0.5) is 0 Å². The number of benzene rings is 3. The van der Waals surface area contributed by atoms with Crippen molar-refractivity contribution in [3.8, 4) is 11.8 Å². The van der Waals surface area contributed by atoms with Crippen LogP contribution in [-0.2, 0) is 0 Å². The zero-order valence-corrected chi connectivity index (χ0v) is 16.0. The van der Waals surface area contributed by atoms with Gasteiger partial charge in [0.15, 0.2) is 0 Å². The van der Waals surface area contributed by atoms with Crippen molar-refractivity contribution in [3.05, 3.63) is 104 Å². The van der Waals surface area contributed by atoms with Gasteiger partial charge < -0.3 is 0 Å². The van der Waals surface area contributed by atoms with Gasteiger partial charge >= 0.3 is 0 Å². The molecule has 0 fully saturated rings. The van der Waals surface area contributed by atoms with E-state index in [1.54, 1.807) is 0 Å². The summed E-state index contributed by atoms with van der Waals surface area (Å²) in [5.41, 5.74) is 4.23. The molecular weight excluding hydrogens is 424 g/mol. The van der Waals surface area contributed by atoms with Crippen LogP contribution in [0.5, 0.6) is 0 Å². The molecule has 0 N–H and O–H groups in total. The first-order valence-electron chi connectivity index (χ1n) is 7.51. The third-order valence-corrected chi connectivity index (χ3v) is 4.51. The summed E-state index contributed by atoms with van der Waals surface area (Å²) in [4.78, 5) is 0. The van der Waals surface area contributed by atoms with Crippen LogP contribution >= 0.6 is 31.9 Å². The summed E-state index contributed by atoms with van der Waals surface area (Å²) in [5, 5.41) is 0. The van der Waals surface area contributed by atoms with E-state index in [2.05, 4.69) is 74.0 Å². The topological polar surface area (TPSA) is 0 Å². The van der Waals surface area contributed by atoms with Crippen molar-refractivity contribution in [3.63, 3.8) is 0 Å². The van der Waals surface area contributed by atoms with Gasteiger partial charge in [-0.3, -0.25) is 0 Å². The average molecular weight is 438 g/mol. The average Bonchev–Trinajstić information content (AvgIpc) is 2.62. The van der Waals surface area contributed by atoms with Crippen molar-refractivity contribution >= 4 is 43.5 Å². The highest BCUT2D eigenvalue weighted by Gasteiger charge is 2.00. The first-order valence-corrected chi connectivity index (χ1v) is 9.09. The fourth-order valence-corrected chi connectivity index (χ4v) is 2.74. The largest absolute Gasteiger partial charge is 0.0622 e. The van der Waals surface area contributed by atoms with Crippen LogP contribution in [0.3, 0.4) is 0 Å². The van der Waals surface area contributed by atoms with Crippen molar-refractivity contribution in [2.75, 3.05) is 0 Å². The maximum absolute atomic E-state index is 3.48. The van der Waals surface area contributed by atoms with E-state index in [0.29, 0.717) is 0 Å². The number of rotatable bonds is 2. The number of hydrogen-bond donors (Lipinski definition) is 0. The molecule has 24 heavy (non-hydrogen) atoms. The molecule has 0 amide bonds. The molecule has 116 valence electrons. The van der Waals surface area contributed by atoms with Crippen molar-refractivity contribution in [2.45, 2.75) is 0 Å². The van der Waals surface area contributed by atoms with Gasteiger partial charge in [0, 0.05) is 20.1 Å². The smallest absolute Gasteiger partial charge is 0.0327 e. The van der Waals surface area contributed by atoms with Crippen molar-refractivity contribution in [2.24, 2.45) is 0 Å². The second-order valence-electron chi connectivity index (χ2n) is 5.23. The monoisotopic (exact) mass is 436 g/mol. The molecule has 3 rings (SSSR count). The number of halogens is 2. The van der Waals surface area contributed by atoms with Crippen LogP contribution < -0.4 is 0 Å². The summed E-state index contributed by atoms with van der Waals surface area (Å²) in [6.07, 6.45) is 2.12. The van der Waals surface area contributed by atoms with E-state index in [9.17, 15) is 0 Å². The maximum Gasteiger partial charge on any atom is 0.0327 e. The lowest BCUT2D eigenvalue weighted by molar-refractivity contribution is 1.58. The van der Waals surface area contributed by atoms with Gasteiger partial charge in [0.1, 0.15) is 0 Å². The summed E-state index contributed by atoms with van der Waals surface area (Å²) in [6, 6.07) is 26.5. The Hall–Kier alpha value is -2.08. The molecule has 0 aliphatic heterocycles. The van der Waals surface area contributed by atoms with Gasteiger partial charge in [0.2, 0.25) is 0 Å². The Bertz CT molecular complexity index is 894. The van der Waals surface area contributed by atoms with Crippen molar-refractivity contribution in [1.29, 1.82) is 0 Å². The van der Waals surface area contributed by atoms with Gasteiger partial charge in [-0.2, -0.15) is 0 Å². The maximum atomic E-state index is 3.48. The highest BCUT2D eigenvalue weighted by molar-refractivity contribution is 9.10. The van der Waals surface area contributed by atoms with Crippen molar-refractivity contribution in [1.82, 2.24) is 0 Å². The molecular formula is C22H14Br2. The van der Waals surface area contributed by atoms with Gasteiger partial charge in [0.25, 0.3) is 0 Å². The highest BCUT2D eigenvalue weighted by Crippen LogP contribution is 2.21.